The minimum Gasteiger partial charge on any atom is -0.480 e. The maximum atomic E-state index is 12.4. The van der Waals surface area contributed by atoms with Crippen molar-refractivity contribution >= 4 is 22.8 Å². The highest BCUT2D eigenvalue weighted by Gasteiger charge is 2.18. The summed E-state index contributed by atoms with van der Waals surface area (Å²) in [6, 6.07) is 6.10. The molecule has 1 aromatic heterocycles. The lowest BCUT2D eigenvalue weighted by atomic mass is 10.1. The SMILES string of the molecule is Cc1cccc2c(CCC(=O)N(CC(=O)O)CC(C)C)c[nH]c12. The van der Waals surface area contributed by atoms with Crippen LogP contribution in [0.2, 0.25) is 0 Å². The third kappa shape index (κ3) is 4.34. The first-order chi connectivity index (χ1) is 10.9. The standard InChI is InChI=1S/C18H24N2O3/c1-12(2)10-20(11-17(22)23)16(21)8-7-14-9-19-18-13(3)5-4-6-15(14)18/h4-6,9,12,19H,7-8,10-11H2,1-3H3,(H,22,23). The van der Waals surface area contributed by atoms with Gasteiger partial charge in [-0.25, -0.2) is 0 Å². The lowest BCUT2D eigenvalue weighted by molar-refractivity contribution is -0.144. The van der Waals surface area contributed by atoms with Crippen molar-refractivity contribution in [3.05, 3.63) is 35.5 Å². The summed E-state index contributed by atoms with van der Waals surface area (Å²) >= 11 is 0. The molecule has 0 fully saturated rings. The Morgan fingerprint density at radius 2 is 2.04 bits per heavy atom. The minimum atomic E-state index is -0.971. The Labute approximate surface area is 136 Å². The number of aromatic amines is 1. The lowest BCUT2D eigenvalue weighted by Crippen LogP contribution is -2.38. The largest absolute Gasteiger partial charge is 0.480 e. The van der Waals surface area contributed by atoms with Gasteiger partial charge in [-0.1, -0.05) is 32.0 Å². The van der Waals surface area contributed by atoms with Crippen LogP contribution in [0.15, 0.2) is 24.4 Å². The Kier molecular flexibility index (Phi) is 5.42. The van der Waals surface area contributed by atoms with E-state index in [1.807, 2.05) is 45.2 Å². The third-order valence-electron chi connectivity index (χ3n) is 3.88. The summed E-state index contributed by atoms with van der Waals surface area (Å²) in [6.45, 7) is 6.24. The van der Waals surface area contributed by atoms with Crippen LogP contribution in [0.1, 0.15) is 31.4 Å². The molecule has 124 valence electrons. The molecule has 0 aliphatic heterocycles. The summed E-state index contributed by atoms with van der Waals surface area (Å²) in [5, 5.41) is 10.1. The van der Waals surface area contributed by atoms with E-state index >= 15 is 0 Å². The zero-order chi connectivity index (χ0) is 17.0. The second-order valence-corrected chi connectivity index (χ2v) is 6.37. The van der Waals surface area contributed by atoms with Crippen molar-refractivity contribution in [3.8, 4) is 0 Å². The van der Waals surface area contributed by atoms with E-state index in [2.05, 4.69) is 4.98 Å². The molecule has 0 saturated carbocycles. The fourth-order valence-electron chi connectivity index (χ4n) is 2.83. The van der Waals surface area contributed by atoms with Crippen molar-refractivity contribution in [2.75, 3.05) is 13.1 Å². The molecule has 0 aliphatic rings. The van der Waals surface area contributed by atoms with Gasteiger partial charge in [-0.2, -0.15) is 0 Å². The number of para-hydroxylation sites is 1. The summed E-state index contributed by atoms with van der Waals surface area (Å²) in [5.74, 6) is -0.834. The number of fused-ring (bicyclic) bond motifs is 1. The van der Waals surface area contributed by atoms with E-state index in [1.54, 1.807) is 0 Å². The molecule has 2 N–H and O–H groups in total. The molecule has 1 amide bonds. The number of aryl methyl sites for hydroxylation is 2. The molecule has 0 radical (unpaired) electrons. The topological polar surface area (TPSA) is 73.4 Å². The van der Waals surface area contributed by atoms with Gasteiger partial charge in [0.2, 0.25) is 5.91 Å². The van der Waals surface area contributed by atoms with Crippen LogP contribution in [-0.4, -0.2) is 40.0 Å². The van der Waals surface area contributed by atoms with E-state index in [0.717, 1.165) is 16.5 Å². The molecule has 1 heterocycles. The molecule has 0 unspecified atom stereocenters. The number of aliphatic carboxylic acids is 1. The fourth-order valence-corrected chi connectivity index (χ4v) is 2.83. The van der Waals surface area contributed by atoms with Gasteiger partial charge >= 0.3 is 5.97 Å². The highest BCUT2D eigenvalue weighted by molar-refractivity contribution is 5.87. The molecule has 23 heavy (non-hydrogen) atoms. The maximum Gasteiger partial charge on any atom is 0.323 e. The third-order valence-corrected chi connectivity index (χ3v) is 3.88. The minimum absolute atomic E-state index is 0.108. The van der Waals surface area contributed by atoms with Crippen molar-refractivity contribution in [1.29, 1.82) is 0 Å². The van der Waals surface area contributed by atoms with Crippen molar-refractivity contribution in [2.45, 2.75) is 33.6 Å². The number of benzene rings is 1. The van der Waals surface area contributed by atoms with E-state index in [0.29, 0.717) is 19.4 Å². The molecular formula is C18H24N2O3. The Hall–Kier alpha value is -2.30. The maximum absolute atomic E-state index is 12.4. The zero-order valence-electron chi connectivity index (χ0n) is 13.9. The smallest absolute Gasteiger partial charge is 0.323 e. The Balaban J connectivity index is 2.06. The summed E-state index contributed by atoms with van der Waals surface area (Å²) in [4.78, 5) is 28.0. The van der Waals surface area contributed by atoms with Crippen LogP contribution in [-0.2, 0) is 16.0 Å². The van der Waals surface area contributed by atoms with E-state index < -0.39 is 5.97 Å². The van der Waals surface area contributed by atoms with E-state index in [1.165, 1.54) is 10.5 Å². The van der Waals surface area contributed by atoms with Crippen molar-refractivity contribution in [2.24, 2.45) is 5.92 Å². The number of amides is 1. The number of carbonyl (C=O) groups is 2. The van der Waals surface area contributed by atoms with Gasteiger partial charge in [-0.3, -0.25) is 9.59 Å². The van der Waals surface area contributed by atoms with Crippen LogP contribution in [0.3, 0.4) is 0 Å². The summed E-state index contributed by atoms with van der Waals surface area (Å²) in [7, 11) is 0. The molecule has 2 aromatic rings. The van der Waals surface area contributed by atoms with Crippen LogP contribution in [0.4, 0.5) is 0 Å². The number of H-pyrrole nitrogens is 1. The van der Waals surface area contributed by atoms with Gasteiger partial charge in [0.1, 0.15) is 6.54 Å². The summed E-state index contributed by atoms with van der Waals surface area (Å²) in [5.41, 5.74) is 3.36. The molecule has 0 saturated heterocycles. The summed E-state index contributed by atoms with van der Waals surface area (Å²) in [6.07, 6.45) is 2.87. The summed E-state index contributed by atoms with van der Waals surface area (Å²) < 4.78 is 0. The molecule has 5 nitrogen and oxygen atoms in total. The van der Waals surface area contributed by atoms with Gasteiger partial charge in [-0.05, 0) is 30.4 Å². The Bertz CT molecular complexity index is 703. The number of hydrogen-bond acceptors (Lipinski definition) is 2. The number of aromatic nitrogens is 1. The molecule has 0 spiro atoms. The fraction of sp³-hybridized carbons (Fsp3) is 0.444. The van der Waals surface area contributed by atoms with Crippen molar-refractivity contribution < 1.29 is 14.7 Å². The number of nitrogens with zero attached hydrogens (tertiary/aromatic N) is 1. The van der Waals surface area contributed by atoms with Crippen molar-refractivity contribution in [1.82, 2.24) is 9.88 Å². The number of nitrogens with one attached hydrogen (secondary N) is 1. The molecular weight excluding hydrogens is 292 g/mol. The molecule has 1 aromatic carbocycles. The van der Waals surface area contributed by atoms with E-state index in [4.69, 9.17) is 5.11 Å². The van der Waals surface area contributed by atoms with Crippen LogP contribution in [0, 0.1) is 12.8 Å². The Morgan fingerprint density at radius 3 is 2.70 bits per heavy atom. The Morgan fingerprint density at radius 1 is 1.30 bits per heavy atom. The van der Waals surface area contributed by atoms with Crippen LogP contribution >= 0.6 is 0 Å². The van der Waals surface area contributed by atoms with Gasteiger partial charge in [-0.15, -0.1) is 0 Å². The second-order valence-electron chi connectivity index (χ2n) is 6.37. The quantitative estimate of drug-likeness (QED) is 0.824. The normalized spacial score (nSPS) is 11.1. The number of carboxylic acids is 1. The number of carbonyl (C=O) groups excluding carboxylic acids is 1. The van der Waals surface area contributed by atoms with Crippen LogP contribution in [0.25, 0.3) is 10.9 Å². The molecule has 2 rings (SSSR count). The molecule has 0 atom stereocenters. The lowest BCUT2D eigenvalue weighted by Gasteiger charge is -2.22. The van der Waals surface area contributed by atoms with Gasteiger partial charge in [0.05, 0.1) is 0 Å². The van der Waals surface area contributed by atoms with E-state index in [-0.39, 0.29) is 18.4 Å². The first-order valence-corrected chi connectivity index (χ1v) is 7.93. The van der Waals surface area contributed by atoms with Gasteiger partial charge in [0.25, 0.3) is 0 Å². The van der Waals surface area contributed by atoms with Crippen molar-refractivity contribution in [3.63, 3.8) is 0 Å². The number of carboxylic acid groups (broad SMARTS) is 1. The van der Waals surface area contributed by atoms with Gasteiger partial charge < -0.3 is 15.0 Å². The second kappa shape index (κ2) is 7.31. The first kappa shape index (κ1) is 17.1. The first-order valence-electron chi connectivity index (χ1n) is 7.93. The molecule has 5 heteroatoms. The molecule has 0 aliphatic carbocycles. The van der Waals surface area contributed by atoms with Crippen LogP contribution < -0.4 is 0 Å². The predicted octanol–water partition coefficient (Wildman–Crippen LogP) is 2.98. The highest BCUT2D eigenvalue weighted by Crippen LogP contribution is 2.22. The predicted molar refractivity (Wildman–Crippen MR) is 90.4 cm³/mol. The van der Waals surface area contributed by atoms with Gasteiger partial charge in [0.15, 0.2) is 0 Å². The zero-order valence-corrected chi connectivity index (χ0v) is 13.9. The monoisotopic (exact) mass is 316 g/mol. The average Bonchev–Trinajstić information content (AvgIpc) is 2.87. The molecule has 0 bridgehead atoms. The van der Waals surface area contributed by atoms with E-state index in [9.17, 15) is 9.59 Å². The highest BCUT2D eigenvalue weighted by atomic mass is 16.4. The number of hydrogen-bond donors (Lipinski definition) is 2. The number of rotatable bonds is 7. The van der Waals surface area contributed by atoms with Crippen LogP contribution in [0.5, 0.6) is 0 Å². The van der Waals surface area contributed by atoms with Gasteiger partial charge in [0, 0.05) is 30.1 Å². The average molecular weight is 316 g/mol.